The van der Waals surface area contributed by atoms with Crippen LogP contribution in [0.5, 0.6) is 0 Å². The monoisotopic (exact) mass is 389 g/mol. The lowest BCUT2D eigenvalue weighted by Crippen LogP contribution is -2.42. The Morgan fingerprint density at radius 3 is 2.52 bits per heavy atom. The highest BCUT2D eigenvalue weighted by atomic mass is 35.5. The van der Waals surface area contributed by atoms with Gasteiger partial charge >= 0.3 is 0 Å². The second-order valence-electron chi connectivity index (χ2n) is 6.20. The molecule has 0 unspecified atom stereocenters. The molecule has 1 amide bonds. The Hall–Kier alpha value is -3.00. The molecule has 0 N–H and O–H groups in total. The van der Waals surface area contributed by atoms with Gasteiger partial charge < -0.3 is 4.90 Å². The zero-order valence-corrected chi connectivity index (χ0v) is 15.0. The Morgan fingerprint density at radius 2 is 1.85 bits per heavy atom. The molecule has 27 heavy (non-hydrogen) atoms. The number of carbonyl (C=O) groups is 2. The fourth-order valence-electron chi connectivity index (χ4n) is 3.08. The Labute approximate surface area is 159 Å². The molecule has 1 atom stereocenters. The van der Waals surface area contributed by atoms with E-state index in [9.17, 15) is 24.5 Å². The van der Waals surface area contributed by atoms with Gasteiger partial charge in [-0.15, -0.1) is 0 Å². The van der Waals surface area contributed by atoms with Crippen molar-refractivity contribution in [3.8, 4) is 0 Å². The first kappa shape index (κ1) is 18.8. The summed E-state index contributed by atoms with van der Waals surface area (Å²) in [5.41, 5.74) is -0.851. The fourth-order valence-corrected chi connectivity index (χ4v) is 3.24. The minimum absolute atomic E-state index is 0.0198. The molecular weight excluding hydrogens is 374 g/mol. The first-order valence-corrected chi connectivity index (χ1v) is 8.71. The number of non-ortho nitro benzene ring substituents is 1. The number of nitrogens with zero attached hydrogens (tertiary/aromatic N) is 3. The standard InChI is InChI=1S/C18H16ClN3O5/c19-13-6-7-15(23)21(11-13)16(18(25)20-8-1-2-9-20)17(24)12-4-3-5-14(10-12)22(26)27/h3-7,10-11,16H,1-2,8-9H2/t16-/m1/s1. The average molecular weight is 390 g/mol. The smallest absolute Gasteiger partial charge is 0.270 e. The SMILES string of the molecule is O=C(c1cccc([N+](=O)[O-])c1)[C@H](C(=O)N1CCCC1)n1cc(Cl)ccc1=O. The number of hydrogen-bond donors (Lipinski definition) is 0. The highest BCUT2D eigenvalue weighted by Crippen LogP contribution is 2.23. The number of carbonyl (C=O) groups excluding carboxylic acids is 2. The molecule has 3 rings (SSSR count). The molecule has 0 aliphatic carbocycles. The van der Waals surface area contributed by atoms with Crippen LogP contribution in [0.3, 0.4) is 0 Å². The van der Waals surface area contributed by atoms with Crippen LogP contribution in [0, 0.1) is 10.1 Å². The van der Waals surface area contributed by atoms with Gasteiger partial charge in [-0.1, -0.05) is 23.7 Å². The third-order valence-corrected chi connectivity index (χ3v) is 4.65. The normalized spacial score (nSPS) is 14.8. The zero-order chi connectivity index (χ0) is 19.6. The third-order valence-electron chi connectivity index (χ3n) is 4.42. The lowest BCUT2D eigenvalue weighted by Gasteiger charge is -2.24. The van der Waals surface area contributed by atoms with Crippen molar-refractivity contribution < 1.29 is 14.5 Å². The van der Waals surface area contributed by atoms with E-state index in [0.717, 1.165) is 23.5 Å². The number of ketones is 1. The van der Waals surface area contributed by atoms with Crippen molar-refractivity contribution in [2.24, 2.45) is 0 Å². The van der Waals surface area contributed by atoms with Crippen LogP contribution >= 0.6 is 11.6 Å². The van der Waals surface area contributed by atoms with E-state index in [1.165, 1.54) is 41.4 Å². The summed E-state index contributed by atoms with van der Waals surface area (Å²) in [6.45, 7) is 0.986. The van der Waals surface area contributed by atoms with Crippen LogP contribution in [0.1, 0.15) is 29.2 Å². The van der Waals surface area contributed by atoms with Gasteiger partial charge in [0.15, 0.2) is 11.8 Å². The first-order chi connectivity index (χ1) is 12.9. The molecule has 1 aliphatic rings. The second-order valence-corrected chi connectivity index (χ2v) is 6.64. The molecular formula is C18H16ClN3O5. The number of hydrogen-bond acceptors (Lipinski definition) is 5. The van der Waals surface area contributed by atoms with E-state index < -0.39 is 28.2 Å². The number of rotatable bonds is 5. The molecule has 0 spiro atoms. The topological polar surface area (TPSA) is 103 Å². The Balaban J connectivity index is 2.08. The quantitative estimate of drug-likeness (QED) is 0.338. The summed E-state index contributed by atoms with van der Waals surface area (Å²) >= 11 is 5.96. The number of likely N-dealkylation sites (tertiary alicyclic amines) is 1. The van der Waals surface area contributed by atoms with Crippen LogP contribution < -0.4 is 5.56 Å². The van der Waals surface area contributed by atoms with Crippen molar-refractivity contribution >= 4 is 29.0 Å². The number of benzene rings is 1. The fraction of sp³-hybridized carbons (Fsp3) is 0.278. The van der Waals surface area contributed by atoms with Crippen LogP contribution in [0.15, 0.2) is 47.4 Å². The first-order valence-electron chi connectivity index (χ1n) is 8.33. The van der Waals surface area contributed by atoms with Crippen molar-refractivity contribution in [3.63, 3.8) is 0 Å². The minimum atomic E-state index is -1.46. The summed E-state index contributed by atoms with van der Waals surface area (Å²) < 4.78 is 0.990. The zero-order valence-electron chi connectivity index (χ0n) is 14.2. The maximum Gasteiger partial charge on any atom is 0.270 e. The summed E-state index contributed by atoms with van der Waals surface area (Å²) in [6, 6.07) is 6.18. The summed E-state index contributed by atoms with van der Waals surface area (Å²) in [4.78, 5) is 50.3. The Kier molecular flexibility index (Phi) is 5.36. The lowest BCUT2D eigenvalue weighted by molar-refractivity contribution is -0.384. The highest BCUT2D eigenvalue weighted by Gasteiger charge is 2.35. The molecule has 1 aliphatic heterocycles. The highest BCUT2D eigenvalue weighted by molar-refractivity contribution is 6.30. The van der Waals surface area contributed by atoms with Crippen LogP contribution in [-0.4, -0.2) is 39.2 Å². The van der Waals surface area contributed by atoms with E-state index in [4.69, 9.17) is 11.6 Å². The van der Waals surface area contributed by atoms with Gasteiger partial charge in [-0.05, 0) is 18.9 Å². The van der Waals surface area contributed by atoms with Crippen molar-refractivity contribution in [2.75, 3.05) is 13.1 Å². The molecule has 1 saturated heterocycles. The van der Waals surface area contributed by atoms with Gasteiger partial charge in [0.2, 0.25) is 0 Å². The van der Waals surface area contributed by atoms with Crippen molar-refractivity contribution in [2.45, 2.75) is 18.9 Å². The predicted octanol–water partition coefficient (Wildman–Crippen LogP) is 2.46. The van der Waals surface area contributed by atoms with Crippen LogP contribution in [0.25, 0.3) is 0 Å². The van der Waals surface area contributed by atoms with E-state index in [-0.39, 0.29) is 16.3 Å². The van der Waals surface area contributed by atoms with Crippen LogP contribution in [0.4, 0.5) is 5.69 Å². The second kappa shape index (κ2) is 7.71. The van der Waals surface area contributed by atoms with Gasteiger partial charge in [-0.2, -0.15) is 0 Å². The minimum Gasteiger partial charge on any atom is -0.340 e. The lowest BCUT2D eigenvalue weighted by atomic mass is 10.0. The molecule has 1 aromatic carbocycles. The van der Waals surface area contributed by atoms with Gasteiger partial charge in [-0.3, -0.25) is 29.1 Å². The predicted molar refractivity (Wildman–Crippen MR) is 98.0 cm³/mol. The van der Waals surface area contributed by atoms with E-state index in [1.807, 2.05) is 0 Å². The number of pyridine rings is 1. The van der Waals surface area contributed by atoms with Crippen LogP contribution in [0.2, 0.25) is 5.02 Å². The maximum atomic E-state index is 13.1. The molecule has 0 radical (unpaired) electrons. The van der Waals surface area contributed by atoms with E-state index in [0.29, 0.717) is 13.1 Å². The average Bonchev–Trinajstić information content (AvgIpc) is 3.19. The number of Topliss-reactive ketones (excluding diaryl/α,β-unsaturated/α-hetero) is 1. The molecule has 0 saturated carbocycles. The van der Waals surface area contributed by atoms with Crippen molar-refractivity contribution in [3.05, 3.63) is 73.6 Å². The summed E-state index contributed by atoms with van der Waals surface area (Å²) in [6.07, 6.45) is 2.86. The number of nitro groups is 1. The van der Waals surface area contributed by atoms with Crippen LogP contribution in [-0.2, 0) is 4.79 Å². The number of amides is 1. The van der Waals surface area contributed by atoms with Gasteiger partial charge in [0.05, 0.1) is 9.95 Å². The maximum absolute atomic E-state index is 13.1. The molecule has 9 heteroatoms. The number of halogens is 1. The van der Waals surface area contributed by atoms with Gasteiger partial charge in [0, 0.05) is 43.0 Å². The van der Waals surface area contributed by atoms with Gasteiger partial charge in [-0.25, -0.2) is 0 Å². The van der Waals surface area contributed by atoms with E-state index >= 15 is 0 Å². The van der Waals surface area contributed by atoms with E-state index in [1.54, 1.807) is 0 Å². The van der Waals surface area contributed by atoms with Gasteiger partial charge in [0.1, 0.15) is 0 Å². The Bertz CT molecular complexity index is 965. The molecule has 0 bridgehead atoms. The van der Waals surface area contributed by atoms with Crippen molar-refractivity contribution in [1.29, 1.82) is 0 Å². The molecule has 1 aromatic heterocycles. The summed E-state index contributed by atoms with van der Waals surface area (Å²) in [5, 5.41) is 11.2. The van der Waals surface area contributed by atoms with E-state index in [2.05, 4.69) is 0 Å². The molecule has 140 valence electrons. The summed E-state index contributed by atoms with van der Waals surface area (Å²) in [5.74, 6) is -1.21. The summed E-state index contributed by atoms with van der Waals surface area (Å²) in [7, 11) is 0. The molecule has 1 fully saturated rings. The molecule has 2 heterocycles. The van der Waals surface area contributed by atoms with Gasteiger partial charge in [0.25, 0.3) is 17.2 Å². The Morgan fingerprint density at radius 1 is 1.15 bits per heavy atom. The van der Waals surface area contributed by atoms with Crippen molar-refractivity contribution in [1.82, 2.24) is 9.47 Å². The third kappa shape index (κ3) is 3.90. The molecule has 2 aromatic rings. The largest absolute Gasteiger partial charge is 0.340 e. The molecule has 8 nitrogen and oxygen atoms in total. The number of nitro benzene ring substituents is 1. The number of aromatic nitrogens is 1.